The van der Waals surface area contributed by atoms with E-state index in [0.717, 1.165) is 49.1 Å². The molecule has 9 aromatic rings. The number of ether oxygens (including phenoxy) is 1. The van der Waals surface area contributed by atoms with Crippen LogP contribution in [-0.2, 0) is 5.41 Å². The number of nitrogens with zero attached hydrogens (tertiary/aromatic N) is 3. The lowest BCUT2D eigenvalue weighted by molar-refractivity contribution is 0.245. The summed E-state index contributed by atoms with van der Waals surface area (Å²) in [5, 5.41) is 3.64. The van der Waals surface area contributed by atoms with Crippen LogP contribution in [0.2, 0.25) is 0 Å². The number of para-hydroxylation sites is 6. The third-order valence-corrected chi connectivity index (χ3v) is 16.3. The largest absolute Gasteiger partial charge is 0.457 e. The zero-order valence-electron chi connectivity index (χ0n) is 38.5. The summed E-state index contributed by atoms with van der Waals surface area (Å²) in [5.41, 5.74) is 2.76. The lowest BCUT2D eigenvalue weighted by Gasteiger charge is -2.48. The van der Waals surface area contributed by atoms with Crippen molar-refractivity contribution in [1.82, 2.24) is 14.0 Å². The third-order valence-electron chi connectivity index (χ3n) is 11.5. The second kappa shape index (κ2) is 12.7. The van der Waals surface area contributed by atoms with Gasteiger partial charge in [-0.2, -0.15) is 0 Å². The van der Waals surface area contributed by atoms with Gasteiger partial charge in [-0.25, -0.2) is 4.98 Å². The van der Waals surface area contributed by atoms with E-state index < -0.39 is 39.0 Å². The average molecular weight is 738 g/mol. The summed E-state index contributed by atoms with van der Waals surface area (Å²) in [6, 6.07) is 57.3. The molecule has 55 heavy (non-hydrogen) atoms. The Morgan fingerprint density at radius 2 is 1.18 bits per heavy atom. The Morgan fingerprint density at radius 1 is 0.600 bits per heavy atom. The first kappa shape index (κ1) is 25.8. The van der Waals surface area contributed by atoms with E-state index in [1.54, 1.807) is 30.3 Å². The van der Waals surface area contributed by atoms with Gasteiger partial charge in [-0.1, -0.05) is 161 Å². The van der Waals surface area contributed by atoms with E-state index in [0.29, 0.717) is 5.19 Å². The third kappa shape index (κ3) is 4.66. The topological polar surface area (TPSA) is 31.5 Å². The second-order valence-electron chi connectivity index (χ2n) is 14.4. The summed E-state index contributed by atoms with van der Waals surface area (Å²) in [5.74, 6) is -3.91. The van der Waals surface area contributed by atoms with E-state index in [9.17, 15) is 2.74 Å². The number of hydrogen-bond acceptors (Lipinski definition) is 2. The van der Waals surface area contributed by atoms with Gasteiger partial charge in [0.05, 0.1) is 22.1 Å². The average Bonchev–Trinajstić information content (AvgIpc) is 3.80. The predicted octanol–water partition coefficient (Wildman–Crippen LogP) is 9.51. The second-order valence-corrected chi connectivity index (χ2v) is 18.1. The van der Waals surface area contributed by atoms with Gasteiger partial charge in [0.15, 0.2) is 8.07 Å². The van der Waals surface area contributed by atoms with Crippen molar-refractivity contribution in [2.45, 2.75) is 33.0 Å². The van der Waals surface area contributed by atoms with E-state index >= 15 is 0 Å². The number of rotatable bonds is 7. The minimum absolute atomic E-state index is 0.168. The maximum absolute atomic E-state index is 10.0. The van der Waals surface area contributed by atoms with Crippen molar-refractivity contribution in [2.75, 3.05) is 0 Å². The van der Waals surface area contributed by atoms with Gasteiger partial charge < -0.3 is 4.74 Å². The standard InChI is InChI=1S/C50H43N3OSi/c1-34(2)50(35(3)4)40-25-11-16-31-46(40)54-48-41(50)26-18-32-47(48)55(37-20-7-5-8-21-37,38-22-9-6-10-23-38)39-24-17-19-36(33-39)52-44-29-14-15-30-45(44)53-43-28-13-12-27-42(43)51-49(52)53/h5-35H,1-4H3/i1D3,3D3,34D,35D. The molecule has 5 heteroatoms. The molecule has 1 aliphatic heterocycles. The fourth-order valence-electron chi connectivity index (χ4n) is 9.27. The zero-order chi connectivity index (χ0) is 44.2. The van der Waals surface area contributed by atoms with Gasteiger partial charge in [0.25, 0.3) is 0 Å². The first-order chi connectivity index (χ1) is 30.1. The van der Waals surface area contributed by atoms with Crippen molar-refractivity contribution in [1.29, 1.82) is 0 Å². The molecule has 3 heterocycles. The Kier molecular flexibility index (Phi) is 5.96. The van der Waals surface area contributed by atoms with Crippen molar-refractivity contribution in [2.24, 2.45) is 11.8 Å². The number of benzene rings is 7. The van der Waals surface area contributed by atoms with Gasteiger partial charge in [0.1, 0.15) is 11.5 Å². The van der Waals surface area contributed by atoms with Crippen LogP contribution in [-0.4, -0.2) is 22.0 Å². The molecule has 0 aliphatic carbocycles. The molecule has 0 fully saturated rings. The normalized spacial score (nSPS) is 20.2. The van der Waals surface area contributed by atoms with Crippen LogP contribution < -0.4 is 25.5 Å². The maximum atomic E-state index is 10.0. The molecule has 2 unspecified atom stereocenters. The predicted molar refractivity (Wildman–Crippen MR) is 230 cm³/mol. The van der Waals surface area contributed by atoms with E-state index in [1.165, 1.54) is 13.8 Å². The number of imidazole rings is 2. The van der Waals surface area contributed by atoms with Crippen LogP contribution >= 0.6 is 0 Å². The van der Waals surface area contributed by atoms with Crippen LogP contribution in [0.25, 0.3) is 33.5 Å². The molecule has 0 spiro atoms. The van der Waals surface area contributed by atoms with Crippen molar-refractivity contribution in [3.8, 4) is 17.2 Å². The fraction of sp³-hybridized carbons (Fsp3) is 0.140. The van der Waals surface area contributed by atoms with Crippen molar-refractivity contribution < 1.29 is 15.7 Å². The number of aromatic nitrogens is 3. The zero-order valence-corrected chi connectivity index (χ0v) is 31.5. The van der Waals surface area contributed by atoms with E-state index in [4.69, 9.17) is 17.9 Å². The maximum Gasteiger partial charge on any atom is 0.220 e. The van der Waals surface area contributed by atoms with E-state index in [-0.39, 0.29) is 22.6 Å². The van der Waals surface area contributed by atoms with Crippen molar-refractivity contribution in [3.05, 3.63) is 187 Å². The van der Waals surface area contributed by atoms with Crippen LogP contribution in [0.15, 0.2) is 176 Å². The van der Waals surface area contributed by atoms with Gasteiger partial charge in [-0.15, -0.1) is 0 Å². The molecule has 2 atom stereocenters. The van der Waals surface area contributed by atoms with Crippen LogP contribution in [0, 0.1) is 11.8 Å². The first-order valence-corrected chi connectivity index (χ1v) is 20.6. The van der Waals surface area contributed by atoms with Gasteiger partial charge in [-0.3, -0.25) is 8.97 Å². The van der Waals surface area contributed by atoms with E-state index in [2.05, 4.69) is 69.6 Å². The van der Waals surface area contributed by atoms with Crippen LogP contribution in [0.1, 0.15) is 49.6 Å². The first-order valence-electron chi connectivity index (χ1n) is 22.6. The van der Waals surface area contributed by atoms with Crippen molar-refractivity contribution >= 4 is 56.7 Å². The number of hydrogen-bond donors (Lipinski definition) is 0. The van der Waals surface area contributed by atoms with Gasteiger partial charge in [0.2, 0.25) is 5.78 Å². The highest BCUT2D eigenvalue weighted by Gasteiger charge is 2.51. The Labute approximate surface area is 334 Å². The van der Waals surface area contributed by atoms with Crippen LogP contribution in [0.4, 0.5) is 0 Å². The summed E-state index contributed by atoms with van der Waals surface area (Å²) in [4.78, 5) is 5.17. The Morgan fingerprint density at radius 3 is 1.91 bits per heavy atom. The van der Waals surface area contributed by atoms with Gasteiger partial charge in [0, 0.05) is 33.2 Å². The molecule has 0 amide bonds. The molecular weight excluding hydrogens is 687 g/mol. The molecule has 0 saturated carbocycles. The molecule has 10 rings (SSSR count). The Hall–Kier alpha value is -6.17. The lowest BCUT2D eigenvalue weighted by atomic mass is 9.59. The molecular formula is C50H43N3OSi. The summed E-state index contributed by atoms with van der Waals surface area (Å²) < 4.78 is 85.0. The molecule has 0 N–H and O–H groups in total. The van der Waals surface area contributed by atoms with Gasteiger partial charge in [-0.05, 0) is 75.0 Å². The molecule has 1 aliphatic rings. The number of fused-ring (bicyclic) bond motifs is 7. The molecule has 0 radical (unpaired) electrons. The highest BCUT2D eigenvalue weighted by Crippen LogP contribution is 2.55. The smallest absolute Gasteiger partial charge is 0.220 e. The van der Waals surface area contributed by atoms with Crippen LogP contribution in [0.3, 0.4) is 0 Å². The van der Waals surface area contributed by atoms with Crippen LogP contribution in [0.5, 0.6) is 11.5 Å². The molecule has 2 aromatic heterocycles. The molecule has 0 bridgehead atoms. The highest BCUT2D eigenvalue weighted by atomic mass is 28.3. The molecule has 268 valence electrons. The summed E-state index contributed by atoms with van der Waals surface area (Å²) >= 11 is 0. The Bertz CT molecular complexity index is 3140. The fourth-order valence-corrected chi connectivity index (χ4v) is 14.2. The molecule has 0 saturated heterocycles. The Balaban J connectivity index is 1.36. The minimum atomic E-state index is -3.65. The van der Waals surface area contributed by atoms with E-state index in [1.807, 2.05) is 84.9 Å². The monoisotopic (exact) mass is 737 g/mol. The lowest BCUT2D eigenvalue weighted by Crippen LogP contribution is -2.75. The quantitative estimate of drug-likeness (QED) is 0.121. The SMILES string of the molecule is [2H]C([2H])([2H])C([2H])(C)C1(C([2H])(C)C([2H])([2H])[2H])c2ccccc2Oc2c1cccc2[Si](c1ccccc1)(c1ccccc1)c1cccc(-n2c3ccccc3n3c4ccccc4nc23)c1. The highest BCUT2D eigenvalue weighted by molar-refractivity contribution is 7.20. The van der Waals surface area contributed by atoms with Crippen molar-refractivity contribution in [3.63, 3.8) is 0 Å². The molecule has 7 aromatic carbocycles. The summed E-state index contributed by atoms with van der Waals surface area (Å²) in [6.07, 6.45) is 0. The summed E-state index contributed by atoms with van der Waals surface area (Å²) in [7, 11) is -3.65. The molecule has 4 nitrogen and oxygen atoms in total. The summed E-state index contributed by atoms with van der Waals surface area (Å²) in [6.45, 7) is -3.60. The van der Waals surface area contributed by atoms with Gasteiger partial charge >= 0.3 is 0 Å². The minimum Gasteiger partial charge on any atom is -0.457 e.